The van der Waals surface area contributed by atoms with E-state index >= 15 is 0 Å². The molecule has 3 rings (SSSR count). The summed E-state index contributed by atoms with van der Waals surface area (Å²) in [4.78, 5) is 24.0. The highest BCUT2D eigenvalue weighted by molar-refractivity contribution is 6.02. The van der Waals surface area contributed by atoms with E-state index in [1.807, 2.05) is 0 Å². The van der Waals surface area contributed by atoms with Crippen molar-refractivity contribution in [3.05, 3.63) is 70.6 Å². The molecule has 0 radical (unpaired) electrons. The molecule has 0 spiro atoms. The zero-order valence-corrected chi connectivity index (χ0v) is 11.8. The number of rotatable bonds is 3. The number of carbonyl (C=O) groups is 1. The third kappa shape index (κ3) is 2.22. The summed E-state index contributed by atoms with van der Waals surface area (Å²) < 4.78 is 6.43. The van der Waals surface area contributed by atoms with Gasteiger partial charge < -0.3 is 14.6 Å². The number of carbonyl (C=O) groups excluding carboxylic acids is 1. The second kappa shape index (κ2) is 5.37. The second-order valence-corrected chi connectivity index (χ2v) is 4.75. The fraction of sp³-hybridized carbons (Fsp3) is 0.0588. The minimum atomic E-state index is -1.33. The van der Waals surface area contributed by atoms with Crippen molar-refractivity contribution in [2.75, 3.05) is 7.11 Å². The molecule has 0 aliphatic carbocycles. The Morgan fingerprint density at radius 2 is 1.82 bits per heavy atom. The number of hydrogen-bond acceptors (Lipinski definition) is 4. The predicted octanol–water partition coefficient (Wildman–Crippen LogP) is 1.36. The van der Waals surface area contributed by atoms with Crippen molar-refractivity contribution in [3.63, 3.8) is 0 Å². The molecular weight excluding hydrogens is 282 g/mol. The van der Waals surface area contributed by atoms with E-state index in [4.69, 9.17) is 4.74 Å². The topological polar surface area (TPSA) is 71.4 Å². The van der Waals surface area contributed by atoms with Crippen molar-refractivity contribution in [3.8, 4) is 11.4 Å². The molecule has 1 heterocycles. The fourth-order valence-electron chi connectivity index (χ4n) is 2.41. The Balaban J connectivity index is 2.37. The third-order valence-corrected chi connectivity index (χ3v) is 3.48. The lowest BCUT2D eigenvalue weighted by Crippen LogP contribution is -2.27. The standard InChI is InChI=1S/C17H13NO4/c1-22-12-6-4-5-11(9-12)18-10-15(17(20)21)13-7-2-3-8-14(13)16(18)19/h2-10H,1H3,(H,20,21)/p-1. The normalized spacial score (nSPS) is 10.6. The minimum absolute atomic E-state index is 0.0296. The Bertz CT molecular complexity index is 927. The van der Waals surface area contributed by atoms with E-state index in [0.29, 0.717) is 22.2 Å². The molecule has 0 bridgehead atoms. The van der Waals surface area contributed by atoms with Gasteiger partial charge in [-0.15, -0.1) is 0 Å². The van der Waals surface area contributed by atoms with Gasteiger partial charge in [-0.05, 0) is 23.6 Å². The van der Waals surface area contributed by atoms with Gasteiger partial charge in [0, 0.05) is 23.2 Å². The maximum atomic E-state index is 12.6. The minimum Gasteiger partial charge on any atom is -0.545 e. The molecule has 0 saturated carbocycles. The predicted molar refractivity (Wildman–Crippen MR) is 80.4 cm³/mol. The monoisotopic (exact) mass is 294 g/mol. The smallest absolute Gasteiger partial charge is 0.262 e. The fourth-order valence-corrected chi connectivity index (χ4v) is 2.41. The van der Waals surface area contributed by atoms with Gasteiger partial charge in [0.25, 0.3) is 5.56 Å². The van der Waals surface area contributed by atoms with E-state index in [0.717, 1.165) is 0 Å². The summed E-state index contributed by atoms with van der Waals surface area (Å²) in [5.41, 5.74) is 0.199. The van der Waals surface area contributed by atoms with Gasteiger partial charge in [0.2, 0.25) is 0 Å². The van der Waals surface area contributed by atoms with Crippen LogP contribution in [0.15, 0.2) is 59.5 Å². The molecule has 5 nitrogen and oxygen atoms in total. The molecule has 0 saturated heterocycles. The maximum absolute atomic E-state index is 12.6. The molecule has 1 aromatic heterocycles. The highest BCUT2D eigenvalue weighted by Gasteiger charge is 2.10. The lowest BCUT2D eigenvalue weighted by atomic mass is 10.1. The Kier molecular flexibility index (Phi) is 3.39. The van der Waals surface area contributed by atoms with Crippen LogP contribution in [0.4, 0.5) is 0 Å². The van der Waals surface area contributed by atoms with Crippen LogP contribution >= 0.6 is 0 Å². The summed E-state index contributed by atoms with van der Waals surface area (Å²) in [7, 11) is 1.52. The number of aromatic nitrogens is 1. The van der Waals surface area contributed by atoms with Crippen LogP contribution in [0, 0.1) is 0 Å². The Hall–Kier alpha value is -3.08. The average molecular weight is 294 g/mol. The molecule has 0 aliphatic rings. The van der Waals surface area contributed by atoms with Crippen LogP contribution < -0.4 is 15.4 Å². The van der Waals surface area contributed by atoms with Gasteiger partial charge in [-0.3, -0.25) is 9.36 Å². The molecule has 0 N–H and O–H groups in total. The number of benzene rings is 2. The summed E-state index contributed by atoms with van der Waals surface area (Å²) in [6.07, 6.45) is 1.29. The Morgan fingerprint density at radius 1 is 1.09 bits per heavy atom. The maximum Gasteiger partial charge on any atom is 0.262 e. The van der Waals surface area contributed by atoms with E-state index in [-0.39, 0.29) is 11.1 Å². The van der Waals surface area contributed by atoms with Crippen molar-refractivity contribution >= 4 is 16.7 Å². The van der Waals surface area contributed by atoms with E-state index in [9.17, 15) is 14.7 Å². The Labute approximate surface area is 126 Å². The first-order valence-corrected chi connectivity index (χ1v) is 6.62. The van der Waals surface area contributed by atoms with E-state index in [1.54, 1.807) is 48.5 Å². The molecule has 110 valence electrons. The number of pyridine rings is 1. The number of nitrogens with zero attached hydrogens (tertiary/aromatic N) is 1. The molecule has 0 aliphatic heterocycles. The Morgan fingerprint density at radius 3 is 2.50 bits per heavy atom. The molecule has 0 atom stereocenters. The first-order chi connectivity index (χ1) is 10.6. The van der Waals surface area contributed by atoms with Gasteiger partial charge in [0.1, 0.15) is 5.75 Å². The SMILES string of the molecule is COc1cccc(-n2cc(C(=O)[O-])c3ccccc3c2=O)c1. The number of methoxy groups -OCH3 is 1. The van der Waals surface area contributed by atoms with Crippen molar-refractivity contribution < 1.29 is 14.6 Å². The zero-order valence-electron chi connectivity index (χ0n) is 11.8. The molecular formula is C17H12NO4-. The number of carboxylic acids is 1. The lowest BCUT2D eigenvalue weighted by molar-refractivity contribution is -0.254. The van der Waals surface area contributed by atoms with Crippen LogP contribution in [-0.2, 0) is 0 Å². The summed E-state index contributed by atoms with van der Waals surface area (Å²) in [6, 6.07) is 13.4. The summed E-state index contributed by atoms with van der Waals surface area (Å²) in [6.45, 7) is 0. The molecule has 0 fully saturated rings. The van der Waals surface area contributed by atoms with Crippen LogP contribution in [0.2, 0.25) is 0 Å². The van der Waals surface area contributed by atoms with Gasteiger partial charge in [0.05, 0.1) is 18.8 Å². The quantitative estimate of drug-likeness (QED) is 0.731. The van der Waals surface area contributed by atoms with E-state index < -0.39 is 5.97 Å². The van der Waals surface area contributed by atoms with Crippen LogP contribution in [0.25, 0.3) is 16.5 Å². The van der Waals surface area contributed by atoms with Crippen LogP contribution in [0.5, 0.6) is 5.75 Å². The van der Waals surface area contributed by atoms with Crippen molar-refractivity contribution in [2.45, 2.75) is 0 Å². The van der Waals surface area contributed by atoms with Crippen molar-refractivity contribution in [1.82, 2.24) is 4.57 Å². The number of hydrogen-bond donors (Lipinski definition) is 0. The molecule has 0 amide bonds. The first-order valence-electron chi connectivity index (χ1n) is 6.62. The first kappa shape index (κ1) is 13.9. The van der Waals surface area contributed by atoms with Gasteiger partial charge in [0.15, 0.2) is 0 Å². The van der Waals surface area contributed by atoms with Crippen molar-refractivity contribution in [2.24, 2.45) is 0 Å². The summed E-state index contributed by atoms with van der Waals surface area (Å²) in [5, 5.41) is 12.1. The lowest BCUT2D eigenvalue weighted by Gasteiger charge is -2.13. The number of carboxylic acid groups (broad SMARTS) is 1. The number of aromatic carboxylic acids is 1. The average Bonchev–Trinajstić information content (AvgIpc) is 2.55. The molecule has 3 aromatic rings. The number of ether oxygens (including phenoxy) is 1. The van der Waals surface area contributed by atoms with Gasteiger partial charge in [-0.25, -0.2) is 0 Å². The molecule has 2 aromatic carbocycles. The zero-order chi connectivity index (χ0) is 15.7. The van der Waals surface area contributed by atoms with Crippen LogP contribution in [0.3, 0.4) is 0 Å². The molecule has 22 heavy (non-hydrogen) atoms. The second-order valence-electron chi connectivity index (χ2n) is 4.75. The van der Waals surface area contributed by atoms with Gasteiger partial charge in [-0.1, -0.05) is 24.3 Å². The highest BCUT2D eigenvalue weighted by atomic mass is 16.5. The van der Waals surface area contributed by atoms with Gasteiger partial charge in [-0.2, -0.15) is 0 Å². The van der Waals surface area contributed by atoms with Crippen molar-refractivity contribution in [1.29, 1.82) is 0 Å². The van der Waals surface area contributed by atoms with E-state index in [2.05, 4.69) is 0 Å². The summed E-state index contributed by atoms with van der Waals surface area (Å²) in [5.74, 6) is -0.750. The van der Waals surface area contributed by atoms with Crippen LogP contribution in [-0.4, -0.2) is 17.6 Å². The van der Waals surface area contributed by atoms with Gasteiger partial charge >= 0.3 is 0 Å². The summed E-state index contributed by atoms with van der Waals surface area (Å²) >= 11 is 0. The van der Waals surface area contributed by atoms with E-state index in [1.165, 1.54) is 17.9 Å². The molecule has 0 unspecified atom stereocenters. The molecule has 5 heteroatoms. The third-order valence-electron chi connectivity index (χ3n) is 3.48. The number of fused-ring (bicyclic) bond motifs is 1. The highest BCUT2D eigenvalue weighted by Crippen LogP contribution is 2.19. The van der Waals surface area contributed by atoms with Crippen LogP contribution in [0.1, 0.15) is 10.4 Å². The largest absolute Gasteiger partial charge is 0.545 e.